The number of benzene rings is 12. The molecular formula is C118H135BN3O22P. The van der Waals surface area contributed by atoms with Crippen LogP contribution >= 0.6 is 7.82 Å². The van der Waals surface area contributed by atoms with Gasteiger partial charge in [0, 0.05) is 89.1 Å². The van der Waals surface area contributed by atoms with E-state index in [1.807, 2.05) is 182 Å². The number of phosphoric acid groups is 1. The minimum atomic E-state index is -4.31. The van der Waals surface area contributed by atoms with Crippen LogP contribution in [0.15, 0.2) is 303 Å². The van der Waals surface area contributed by atoms with Crippen molar-refractivity contribution in [3.63, 3.8) is 0 Å². The summed E-state index contributed by atoms with van der Waals surface area (Å²) >= 11 is 0. The third-order valence-electron chi connectivity index (χ3n) is 27.1. The van der Waals surface area contributed by atoms with Gasteiger partial charge in [-0.1, -0.05) is 274 Å². The molecule has 762 valence electrons. The van der Waals surface area contributed by atoms with Crippen molar-refractivity contribution in [1.29, 1.82) is 0 Å². The monoisotopic (exact) mass is 1990 g/mol. The molecule has 7 atom stereocenters. The van der Waals surface area contributed by atoms with Gasteiger partial charge in [0.25, 0.3) is 0 Å². The van der Waals surface area contributed by atoms with Gasteiger partial charge >= 0.3 is 26.1 Å². The van der Waals surface area contributed by atoms with E-state index in [4.69, 9.17) is 83.0 Å². The van der Waals surface area contributed by atoms with Crippen LogP contribution < -0.4 is 34.9 Å². The van der Waals surface area contributed by atoms with Crippen LogP contribution in [0.1, 0.15) is 149 Å². The Balaban J connectivity index is 0.000000186. The number of rotatable bonds is 52. The van der Waals surface area contributed by atoms with Gasteiger partial charge in [0.05, 0.1) is 87.4 Å². The van der Waals surface area contributed by atoms with Crippen LogP contribution in [0.25, 0.3) is 33.4 Å². The van der Waals surface area contributed by atoms with E-state index < -0.39 is 49.9 Å². The summed E-state index contributed by atoms with van der Waals surface area (Å²) in [6.45, 7) is 3.64. The Bertz CT molecular complexity index is 5820. The molecule has 3 amide bonds. The minimum Gasteiger partial charge on any atom is -0.497 e. The smallest absolute Gasteiger partial charge is 0.475 e. The van der Waals surface area contributed by atoms with E-state index >= 15 is 0 Å². The van der Waals surface area contributed by atoms with E-state index in [0.29, 0.717) is 90.0 Å². The summed E-state index contributed by atoms with van der Waals surface area (Å²) in [4.78, 5) is 37.6. The number of nitrogens with one attached hydrogen (secondary N) is 3. The highest BCUT2D eigenvalue weighted by molar-refractivity contribution is 7.48. The first-order valence-electron chi connectivity index (χ1n) is 49.9. The van der Waals surface area contributed by atoms with Gasteiger partial charge < -0.3 is 87.7 Å². The fourth-order valence-electron chi connectivity index (χ4n) is 19.8. The molecule has 0 bridgehead atoms. The minimum absolute atomic E-state index is 0.0225. The second kappa shape index (κ2) is 55.2. The highest BCUT2D eigenvalue weighted by Gasteiger charge is 2.46. The first-order valence-corrected chi connectivity index (χ1v) is 51.4. The van der Waals surface area contributed by atoms with E-state index in [1.165, 1.54) is 55.6 Å². The molecule has 3 aliphatic carbocycles. The van der Waals surface area contributed by atoms with Gasteiger partial charge in [0.2, 0.25) is 0 Å². The molecule has 145 heavy (non-hydrogen) atoms. The molecule has 1 saturated heterocycles. The van der Waals surface area contributed by atoms with Crippen molar-refractivity contribution in [3.8, 4) is 56.4 Å². The number of alkyl carbamates (subject to hydrolysis) is 3. The van der Waals surface area contributed by atoms with Crippen LogP contribution in [-0.4, -0.2) is 203 Å². The predicted octanol–water partition coefficient (Wildman–Crippen LogP) is 21.7. The van der Waals surface area contributed by atoms with E-state index in [9.17, 15) is 29.2 Å². The molecule has 1 fully saturated rings. The number of phosphoric ester groups is 1. The van der Waals surface area contributed by atoms with Crippen LogP contribution in [0.4, 0.5) is 14.4 Å². The van der Waals surface area contributed by atoms with Crippen molar-refractivity contribution in [2.24, 2.45) is 17.8 Å². The van der Waals surface area contributed by atoms with Crippen molar-refractivity contribution >= 4 is 33.9 Å². The fraction of sp³-hybridized carbons (Fsp3) is 0.364. The lowest BCUT2D eigenvalue weighted by Gasteiger charge is -2.37. The summed E-state index contributed by atoms with van der Waals surface area (Å²) in [5, 5.41) is 27.6. The summed E-state index contributed by atoms with van der Waals surface area (Å²) in [5.74, 6) is 3.12. The van der Waals surface area contributed by atoms with Crippen LogP contribution in [0.5, 0.6) is 23.0 Å². The van der Waals surface area contributed by atoms with Crippen LogP contribution in [0.3, 0.4) is 0 Å². The highest BCUT2D eigenvalue weighted by atomic mass is 31.2. The largest absolute Gasteiger partial charge is 0.497 e. The van der Waals surface area contributed by atoms with E-state index in [0.717, 1.165) is 94.5 Å². The Hall–Kier alpha value is -12.5. The lowest BCUT2D eigenvalue weighted by Crippen LogP contribution is -2.38. The molecule has 4 unspecified atom stereocenters. The van der Waals surface area contributed by atoms with Crippen molar-refractivity contribution in [3.05, 3.63) is 370 Å². The van der Waals surface area contributed by atoms with Crippen LogP contribution in [-0.2, 0) is 72.0 Å². The molecule has 0 aromatic heterocycles. The van der Waals surface area contributed by atoms with Crippen LogP contribution in [0, 0.1) is 17.8 Å². The predicted molar refractivity (Wildman–Crippen MR) is 561 cm³/mol. The summed E-state index contributed by atoms with van der Waals surface area (Å²) in [7, 11) is 13.6. The Morgan fingerprint density at radius 3 is 0.972 bits per heavy atom. The number of hydrogen-bond acceptors (Lipinski definition) is 22. The molecule has 0 spiro atoms. The number of unbranched alkanes of at least 4 members (excludes halogenated alkanes) is 3. The van der Waals surface area contributed by atoms with E-state index in [1.54, 1.807) is 49.8 Å². The molecule has 2 radical (unpaired) electrons. The molecule has 4 aliphatic rings. The molecule has 16 rings (SSSR count). The number of hydrogen-bond donors (Lipinski definition) is 5. The zero-order valence-electron chi connectivity index (χ0n) is 83.8. The molecule has 25 nitrogen and oxygen atoms in total. The number of aliphatic hydroxyl groups excluding tert-OH is 2. The van der Waals surface area contributed by atoms with Gasteiger partial charge in [-0.3, -0.25) is 13.6 Å². The lowest BCUT2D eigenvalue weighted by atomic mass is 9.79. The maximum absolute atomic E-state index is 14.4. The van der Waals surface area contributed by atoms with Gasteiger partial charge in [-0.2, -0.15) is 0 Å². The Kier molecular flexibility index (Phi) is 41.2. The third-order valence-corrected chi connectivity index (χ3v) is 28.6. The molecule has 0 saturated carbocycles. The zero-order valence-corrected chi connectivity index (χ0v) is 84.7. The number of ether oxygens (including phenoxy) is 13. The first kappa shape index (κ1) is 108. The fourth-order valence-corrected chi connectivity index (χ4v) is 21.2. The van der Waals surface area contributed by atoms with E-state index in [2.05, 4.69) is 137 Å². The van der Waals surface area contributed by atoms with Crippen molar-refractivity contribution < 1.29 is 104 Å². The first-order chi connectivity index (χ1) is 71.0. The topological polar surface area (TPSA) is 293 Å². The number of fused-ring (bicyclic) bond motifs is 9. The quantitative estimate of drug-likeness (QED) is 0.00778. The number of methoxy groups -OCH3 is 7. The third kappa shape index (κ3) is 28.2. The standard InChI is InChI=1S/C51H59BNO12P.C44H47NO6.C23H29NO4/c1-57-32-36(13-11-12-28-53-50(55)60-34-46-44-18-9-7-16-42(44)43-17-8-10-19-45(43)46)33-63-66(56,62-30-29-54)65-47-31-49(52)64-48(47)35-61-51(37-14-5-4-6-15-37,38-20-24-40(58-2)25-21-38)39-22-26-41(59-3)27-23-39;1-47-29-32(13-11-12-28-45-43(46)50-31-42-40-18-9-7-16-38(40)39-17-8-10-19-41(39)42)30-51-44(33-14-5-4-6-15-33,34-20-24-36(48-2)25-21-34)35-22-26-37(49-3)27-23-35;1-27-15-17(14-25)8-6-7-13-24-23(26)28-16-22-20-11-4-2-9-18(20)19-10-3-5-12-21(19)22/h4-10,14-27,36,46-49,54H,11-13,28-35H2,1-3H3,(H,53,55);4-10,14-27,32,42H,11-13,28-31H2,1-3H3,(H,45,46);2-5,9-12,17,22,25H,6-8,13-16H2,1H3,(H,24,26)/t36?,47-,48-,49-,66?;;/m1../s1. The normalized spacial score (nSPS) is 15.4. The molecular weight excluding hydrogens is 1850 g/mol. The molecule has 5 N–H and O–H groups in total. The Labute approximate surface area is 853 Å². The Morgan fingerprint density at radius 2 is 0.655 bits per heavy atom. The van der Waals surface area contributed by atoms with Gasteiger partial charge in [-0.15, -0.1) is 0 Å². The maximum Gasteiger partial charge on any atom is 0.475 e. The zero-order chi connectivity index (χ0) is 102. The highest BCUT2D eigenvalue weighted by Crippen LogP contribution is 2.55. The van der Waals surface area contributed by atoms with Gasteiger partial charge in [0.1, 0.15) is 68.0 Å². The molecule has 12 aromatic rings. The van der Waals surface area contributed by atoms with Crippen molar-refractivity contribution in [2.45, 2.75) is 111 Å². The maximum atomic E-state index is 14.4. The van der Waals surface area contributed by atoms with Crippen molar-refractivity contribution in [2.75, 3.05) is 149 Å². The molecule has 1 heterocycles. The Morgan fingerprint density at radius 1 is 0.359 bits per heavy atom. The molecule has 27 heteroatoms. The molecule has 12 aromatic carbocycles. The summed E-state index contributed by atoms with van der Waals surface area (Å²) in [5.41, 5.74) is 17.8. The van der Waals surface area contributed by atoms with Crippen LogP contribution in [0.2, 0.25) is 0 Å². The number of carbonyl (C=O) groups is 3. The molecule has 1 aliphatic heterocycles. The second-order valence-electron chi connectivity index (χ2n) is 36.4. The summed E-state index contributed by atoms with van der Waals surface area (Å²) in [6.07, 6.45) is 4.51. The van der Waals surface area contributed by atoms with Crippen molar-refractivity contribution in [1.82, 2.24) is 16.0 Å². The average molecular weight is 1990 g/mol. The summed E-state index contributed by atoms with van der Waals surface area (Å²) < 4.78 is 108. The van der Waals surface area contributed by atoms with Gasteiger partial charge in [-0.05, 0) is 194 Å². The number of carbonyl (C=O) groups excluding carboxylic acids is 3. The number of aliphatic hydroxyl groups is 2. The van der Waals surface area contributed by atoms with Gasteiger partial charge in [-0.25, -0.2) is 18.9 Å². The number of amides is 3. The van der Waals surface area contributed by atoms with Gasteiger partial charge in [0.15, 0.2) is 0 Å². The second-order valence-corrected chi connectivity index (χ2v) is 38.0. The van der Waals surface area contributed by atoms with E-state index in [-0.39, 0.29) is 87.1 Å². The average Bonchev–Trinajstić information content (AvgIpc) is 1.73. The SMILES string of the molecule is COCC(CCCCNC(=O)OCC1c2ccccc2-c2ccccc21)COC(c1ccccc1)(c1ccc(OC)cc1)c1ccc(OC)cc1.COCC(CO)CCCCNC(=O)OCC1c2ccccc2-c2ccccc21.[B][C@H]1C[C@@H](OP(=O)(OCCO)OCC(CCCCNC(=O)OCC2c3ccccc3-c3ccccc32)COC)[C@@H](COC(c2ccccc2)(c2ccc(OC)cc2)c2ccc(OC)cc2)O1. The summed E-state index contributed by atoms with van der Waals surface area (Å²) in [6, 6.07) is 101. The lowest BCUT2D eigenvalue weighted by molar-refractivity contribution is -0.0752.